The van der Waals surface area contributed by atoms with Gasteiger partial charge in [-0.15, -0.1) is 11.3 Å². The number of likely N-dealkylation sites (N-methyl/N-ethyl adjacent to an activating group) is 1. The number of rotatable bonds is 5. The van der Waals surface area contributed by atoms with Crippen molar-refractivity contribution in [3.63, 3.8) is 0 Å². The lowest BCUT2D eigenvalue weighted by molar-refractivity contribution is 0.311. The molecule has 1 fully saturated rings. The Bertz CT molecular complexity index is 1140. The van der Waals surface area contributed by atoms with Crippen LogP contribution in [0.1, 0.15) is 0 Å². The van der Waals surface area contributed by atoms with Crippen LogP contribution in [0.4, 0.5) is 5.69 Å². The minimum Gasteiger partial charge on any atom is -0.495 e. The zero-order valence-electron chi connectivity index (χ0n) is 16.9. The van der Waals surface area contributed by atoms with E-state index in [1.54, 1.807) is 13.3 Å². The molecule has 1 saturated heterocycles. The predicted octanol–water partition coefficient (Wildman–Crippen LogP) is 2.88. The standard InChI is InChI=1S/C21H24N4O3S2/c1-24-9-11-25(12-10-24)18-13-15(6-7-19(18)28-2)16-14-20(17-5-3-4-8-23-17)29-21(16)30(22,26)27/h3-8,13-14H,9-12H2,1-2H3,(H2,22,26,27). The number of ether oxygens (including phenoxy) is 1. The van der Waals surface area contributed by atoms with Gasteiger partial charge in [-0.1, -0.05) is 12.1 Å². The van der Waals surface area contributed by atoms with E-state index in [4.69, 9.17) is 9.88 Å². The lowest BCUT2D eigenvalue weighted by Crippen LogP contribution is -2.44. The van der Waals surface area contributed by atoms with E-state index in [0.717, 1.165) is 59.4 Å². The summed E-state index contributed by atoms with van der Waals surface area (Å²) < 4.78 is 30.4. The van der Waals surface area contributed by atoms with Gasteiger partial charge < -0.3 is 14.5 Å². The van der Waals surface area contributed by atoms with E-state index < -0.39 is 10.0 Å². The molecule has 0 amide bonds. The van der Waals surface area contributed by atoms with Gasteiger partial charge in [-0.05, 0) is 42.9 Å². The summed E-state index contributed by atoms with van der Waals surface area (Å²) in [7, 11) is -0.138. The normalized spacial score (nSPS) is 15.4. The minimum absolute atomic E-state index is 0.137. The van der Waals surface area contributed by atoms with Crippen LogP contribution in [0.2, 0.25) is 0 Å². The van der Waals surface area contributed by atoms with Crippen molar-refractivity contribution in [2.75, 3.05) is 45.2 Å². The number of benzene rings is 1. The number of hydrogen-bond donors (Lipinski definition) is 1. The molecule has 0 saturated carbocycles. The highest BCUT2D eigenvalue weighted by Crippen LogP contribution is 2.41. The summed E-state index contributed by atoms with van der Waals surface area (Å²) in [5.41, 5.74) is 3.04. The molecular weight excluding hydrogens is 420 g/mol. The van der Waals surface area contributed by atoms with Gasteiger partial charge in [-0.25, -0.2) is 13.6 Å². The second kappa shape index (κ2) is 8.35. The van der Waals surface area contributed by atoms with Crippen LogP contribution in [0.5, 0.6) is 5.75 Å². The monoisotopic (exact) mass is 444 g/mol. The minimum atomic E-state index is -3.89. The van der Waals surface area contributed by atoms with Crippen LogP contribution in [0.3, 0.4) is 0 Å². The summed E-state index contributed by atoms with van der Waals surface area (Å²) in [5, 5.41) is 5.56. The lowest BCUT2D eigenvalue weighted by Gasteiger charge is -2.35. The van der Waals surface area contributed by atoms with Gasteiger partial charge in [0.15, 0.2) is 0 Å². The summed E-state index contributed by atoms with van der Waals surface area (Å²) >= 11 is 1.14. The van der Waals surface area contributed by atoms with Crippen molar-refractivity contribution in [2.24, 2.45) is 5.14 Å². The van der Waals surface area contributed by atoms with E-state index in [1.165, 1.54) is 0 Å². The quantitative estimate of drug-likeness (QED) is 0.651. The van der Waals surface area contributed by atoms with Crippen LogP contribution >= 0.6 is 11.3 Å². The first-order valence-corrected chi connectivity index (χ1v) is 11.9. The predicted molar refractivity (Wildman–Crippen MR) is 121 cm³/mol. The molecule has 3 heterocycles. The Morgan fingerprint density at radius 2 is 1.87 bits per heavy atom. The SMILES string of the molecule is COc1ccc(-c2cc(-c3ccccn3)sc2S(N)(=O)=O)cc1N1CCN(C)CC1. The number of pyridine rings is 1. The topological polar surface area (TPSA) is 88.8 Å². The molecule has 7 nitrogen and oxygen atoms in total. The number of hydrogen-bond acceptors (Lipinski definition) is 7. The van der Waals surface area contributed by atoms with Crippen LogP contribution < -0.4 is 14.8 Å². The van der Waals surface area contributed by atoms with E-state index in [9.17, 15) is 8.42 Å². The van der Waals surface area contributed by atoms with Gasteiger partial charge >= 0.3 is 0 Å². The van der Waals surface area contributed by atoms with Crippen LogP contribution in [0.15, 0.2) is 52.9 Å². The fraction of sp³-hybridized carbons (Fsp3) is 0.286. The van der Waals surface area contributed by atoms with Crippen LogP contribution in [-0.4, -0.2) is 58.6 Å². The van der Waals surface area contributed by atoms with Crippen molar-refractivity contribution in [3.8, 4) is 27.4 Å². The number of piperazine rings is 1. The molecule has 0 radical (unpaired) electrons. The Kier molecular flexibility index (Phi) is 5.79. The van der Waals surface area contributed by atoms with Crippen LogP contribution in [0.25, 0.3) is 21.7 Å². The third kappa shape index (κ3) is 4.20. The number of nitrogens with two attached hydrogens (primary N) is 1. The molecule has 30 heavy (non-hydrogen) atoms. The zero-order valence-corrected chi connectivity index (χ0v) is 18.5. The fourth-order valence-electron chi connectivity index (χ4n) is 3.57. The van der Waals surface area contributed by atoms with E-state index >= 15 is 0 Å². The molecule has 9 heteroatoms. The van der Waals surface area contributed by atoms with Gasteiger partial charge in [0.05, 0.1) is 23.4 Å². The van der Waals surface area contributed by atoms with E-state index in [0.29, 0.717) is 11.3 Å². The Morgan fingerprint density at radius 3 is 2.50 bits per heavy atom. The molecular formula is C21H24N4O3S2. The van der Waals surface area contributed by atoms with Gasteiger partial charge in [0.25, 0.3) is 0 Å². The number of sulfonamides is 1. The number of methoxy groups -OCH3 is 1. The van der Waals surface area contributed by atoms with Crippen molar-refractivity contribution in [1.82, 2.24) is 9.88 Å². The molecule has 158 valence electrons. The summed E-state index contributed by atoms with van der Waals surface area (Å²) in [6.45, 7) is 3.67. The molecule has 4 rings (SSSR count). The van der Waals surface area contributed by atoms with E-state index in [2.05, 4.69) is 21.8 Å². The average Bonchev–Trinajstić information content (AvgIpc) is 3.21. The molecule has 1 aliphatic rings. The average molecular weight is 445 g/mol. The summed E-state index contributed by atoms with van der Waals surface area (Å²) in [6, 6.07) is 13.1. The van der Waals surface area contributed by atoms with Crippen LogP contribution in [0, 0.1) is 0 Å². The first kappa shape index (κ1) is 20.8. The smallest absolute Gasteiger partial charge is 0.248 e. The lowest BCUT2D eigenvalue weighted by atomic mass is 10.1. The van der Waals surface area contributed by atoms with Crippen molar-refractivity contribution in [2.45, 2.75) is 4.21 Å². The highest BCUT2D eigenvalue weighted by atomic mass is 32.2. The van der Waals surface area contributed by atoms with E-state index in [1.807, 2.05) is 42.5 Å². The Morgan fingerprint density at radius 1 is 1.10 bits per heavy atom. The van der Waals surface area contributed by atoms with Gasteiger partial charge in [0.1, 0.15) is 9.96 Å². The first-order valence-electron chi connectivity index (χ1n) is 9.57. The number of primary sulfonamides is 1. The van der Waals surface area contributed by atoms with Crippen molar-refractivity contribution in [3.05, 3.63) is 48.7 Å². The largest absolute Gasteiger partial charge is 0.495 e. The maximum Gasteiger partial charge on any atom is 0.248 e. The van der Waals surface area contributed by atoms with Gasteiger partial charge in [-0.3, -0.25) is 4.98 Å². The number of aromatic nitrogens is 1. The molecule has 3 aromatic rings. The van der Waals surface area contributed by atoms with Crippen LogP contribution in [-0.2, 0) is 10.0 Å². The third-order valence-electron chi connectivity index (χ3n) is 5.21. The molecule has 0 unspecified atom stereocenters. The summed E-state index contributed by atoms with van der Waals surface area (Å²) in [5.74, 6) is 0.764. The maximum absolute atomic E-state index is 12.3. The Labute approximate surface area is 180 Å². The van der Waals surface area contributed by atoms with Crippen molar-refractivity contribution in [1.29, 1.82) is 0 Å². The Hall–Kier alpha value is -2.46. The molecule has 0 bridgehead atoms. The second-order valence-corrected chi connectivity index (χ2v) is 10.1. The summed E-state index contributed by atoms with van der Waals surface area (Å²) in [4.78, 5) is 9.65. The molecule has 1 aliphatic heterocycles. The van der Waals surface area contributed by atoms with Crippen molar-refractivity contribution < 1.29 is 13.2 Å². The maximum atomic E-state index is 12.3. The number of nitrogens with zero attached hydrogens (tertiary/aromatic N) is 3. The Balaban J connectivity index is 1.82. The molecule has 2 aromatic heterocycles. The highest BCUT2D eigenvalue weighted by molar-refractivity contribution is 7.91. The third-order valence-corrected chi connectivity index (χ3v) is 7.84. The van der Waals surface area contributed by atoms with Gasteiger partial charge in [-0.2, -0.15) is 0 Å². The van der Waals surface area contributed by atoms with Crippen molar-refractivity contribution >= 4 is 27.0 Å². The van der Waals surface area contributed by atoms with Gasteiger partial charge in [0.2, 0.25) is 10.0 Å². The molecule has 1 aromatic carbocycles. The first-order chi connectivity index (χ1) is 14.4. The van der Waals surface area contributed by atoms with E-state index in [-0.39, 0.29) is 4.21 Å². The number of thiophene rings is 1. The molecule has 0 aliphatic carbocycles. The van der Waals surface area contributed by atoms with Gasteiger partial charge in [0, 0.05) is 37.9 Å². The second-order valence-electron chi connectivity index (χ2n) is 7.25. The highest BCUT2D eigenvalue weighted by Gasteiger charge is 2.23. The molecule has 0 atom stereocenters. The zero-order chi connectivity index (χ0) is 21.3. The summed E-state index contributed by atoms with van der Waals surface area (Å²) in [6.07, 6.45) is 1.68. The fourth-order valence-corrected chi connectivity index (χ4v) is 5.68. The molecule has 2 N–H and O–H groups in total. The number of anilines is 1. The molecule has 0 spiro atoms.